The molecule has 2 fully saturated rings. The molecule has 2 amide bonds. The Balaban J connectivity index is 1.52. The molecule has 1 aromatic heterocycles. The number of ether oxygens (including phenoxy) is 2. The van der Waals surface area contributed by atoms with Gasteiger partial charge < -0.3 is 24.3 Å². The van der Waals surface area contributed by atoms with Crippen LogP contribution < -0.4 is 5.32 Å². The fourth-order valence-corrected chi connectivity index (χ4v) is 3.51. The highest BCUT2D eigenvalue weighted by Gasteiger charge is 2.32. The second kappa shape index (κ2) is 7.48. The number of amides is 2. The summed E-state index contributed by atoms with van der Waals surface area (Å²) in [6.45, 7) is 7.37. The Kier molecular flexibility index (Phi) is 5.35. The summed E-state index contributed by atoms with van der Waals surface area (Å²) in [5.74, 6) is 1.61. The minimum Gasteiger partial charge on any atom is -0.378 e. The SMILES string of the molecule is CC(C)[C@@H]1OCC[C@@H]1CNC(=O)N1CCO[C@@H](c2nncn2C)C1. The van der Waals surface area contributed by atoms with Crippen LogP contribution in [0.15, 0.2) is 6.33 Å². The summed E-state index contributed by atoms with van der Waals surface area (Å²) in [4.78, 5) is 14.3. The molecule has 8 heteroatoms. The van der Waals surface area contributed by atoms with Crippen molar-refractivity contribution in [1.29, 1.82) is 0 Å². The van der Waals surface area contributed by atoms with E-state index in [2.05, 4.69) is 29.4 Å². The van der Waals surface area contributed by atoms with Crippen LogP contribution in [0.5, 0.6) is 0 Å². The van der Waals surface area contributed by atoms with E-state index in [-0.39, 0.29) is 18.2 Å². The molecule has 3 rings (SSSR count). The van der Waals surface area contributed by atoms with Gasteiger partial charge in [0.25, 0.3) is 0 Å². The van der Waals surface area contributed by atoms with Gasteiger partial charge in [-0.25, -0.2) is 4.79 Å². The summed E-state index contributed by atoms with van der Waals surface area (Å²) < 4.78 is 13.4. The molecule has 3 atom stereocenters. The molecule has 0 spiro atoms. The van der Waals surface area contributed by atoms with Crippen molar-refractivity contribution in [3.63, 3.8) is 0 Å². The van der Waals surface area contributed by atoms with Gasteiger partial charge in [-0.1, -0.05) is 13.8 Å². The van der Waals surface area contributed by atoms with Gasteiger partial charge in [-0.15, -0.1) is 10.2 Å². The zero-order chi connectivity index (χ0) is 17.1. The van der Waals surface area contributed by atoms with Gasteiger partial charge >= 0.3 is 6.03 Å². The summed E-state index contributed by atoms with van der Waals surface area (Å²) in [5, 5.41) is 11.0. The first kappa shape index (κ1) is 17.2. The van der Waals surface area contributed by atoms with E-state index in [1.54, 1.807) is 11.2 Å². The molecule has 2 aliphatic heterocycles. The molecule has 0 radical (unpaired) electrons. The summed E-state index contributed by atoms with van der Waals surface area (Å²) in [5.41, 5.74) is 0. The van der Waals surface area contributed by atoms with Crippen molar-refractivity contribution in [2.24, 2.45) is 18.9 Å². The molecule has 24 heavy (non-hydrogen) atoms. The molecule has 134 valence electrons. The predicted molar refractivity (Wildman–Crippen MR) is 87.4 cm³/mol. The van der Waals surface area contributed by atoms with Crippen molar-refractivity contribution < 1.29 is 14.3 Å². The minimum absolute atomic E-state index is 0.0418. The molecular weight excluding hydrogens is 310 g/mol. The number of nitrogens with one attached hydrogen (secondary N) is 1. The van der Waals surface area contributed by atoms with E-state index < -0.39 is 0 Å². The maximum Gasteiger partial charge on any atom is 0.317 e. The molecule has 0 saturated carbocycles. The number of carbonyl (C=O) groups excluding carboxylic acids is 1. The lowest BCUT2D eigenvalue weighted by atomic mass is 9.93. The molecular formula is C16H27N5O3. The number of aryl methyl sites for hydroxylation is 1. The fraction of sp³-hybridized carbons (Fsp3) is 0.812. The quantitative estimate of drug-likeness (QED) is 0.885. The third-order valence-corrected chi connectivity index (χ3v) is 4.82. The molecule has 0 bridgehead atoms. The van der Waals surface area contributed by atoms with Gasteiger partial charge in [0.05, 0.1) is 19.3 Å². The van der Waals surface area contributed by atoms with E-state index in [9.17, 15) is 4.79 Å². The second-order valence-corrected chi connectivity index (χ2v) is 6.92. The summed E-state index contributed by atoms with van der Waals surface area (Å²) in [6.07, 6.45) is 2.66. The Morgan fingerprint density at radius 2 is 2.25 bits per heavy atom. The molecule has 0 aromatic carbocycles. The van der Waals surface area contributed by atoms with E-state index in [1.165, 1.54) is 0 Å². The van der Waals surface area contributed by atoms with Crippen LogP contribution in [-0.4, -0.2) is 64.6 Å². The van der Waals surface area contributed by atoms with Gasteiger partial charge in [0, 0.05) is 32.7 Å². The summed E-state index contributed by atoms with van der Waals surface area (Å²) in [7, 11) is 1.88. The average Bonchev–Trinajstić information content (AvgIpc) is 3.21. The minimum atomic E-state index is -0.227. The zero-order valence-corrected chi connectivity index (χ0v) is 14.6. The highest BCUT2D eigenvalue weighted by Crippen LogP contribution is 2.26. The third-order valence-electron chi connectivity index (χ3n) is 4.82. The summed E-state index contributed by atoms with van der Waals surface area (Å²) >= 11 is 0. The van der Waals surface area contributed by atoms with E-state index in [1.807, 2.05) is 11.6 Å². The lowest BCUT2D eigenvalue weighted by molar-refractivity contribution is -0.0217. The van der Waals surface area contributed by atoms with Gasteiger partial charge in [0.15, 0.2) is 5.82 Å². The van der Waals surface area contributed by atoms with Gasteiger partial charge in [-0.05, 0) is 12.3 Å². The summed E-state index contributed by atoms with van der Waals surface area (Å²) in [6, 6.07) is -0.0418. The fourth-order valence-electron chi connectivity index (χ4n) is 3.51. The van der Waals surface area contributed by atoms with E-state index in [0.29, 0.717) is 38.1 Å². The first-order valence-corrected chi connectivity index (χ1v) is 8.66. The molecule has 1 N–H and O–H groups in total. The molecule has 2 saturated heterocycles. The van der Waals surface area contributed by atoms with Crippen molar-refractivity contribution in [3.8, 4) is 0 Å². The van der Waals surface area contributed by atoms with Crippen LogP contribution in [0.25, 0.3) is 0 Å². The van der Waals surface area contributed by atoms with Gasteiger partial charge in [0.1, 0.15) is 12.4 Å². The molecule has 8 nitrogen and oxygen atoms in total. The van der Waals surface area contributed by atoms with Crippen LogP contribution in [0.1, 0.15) is 32.2 Å². The number of morpholine rings is 1. The normalized spacial score (nSPS) is 27.7. The van der Waals surface area contributed by atoms with Crippen molar-refractivity contribution >= 4 is 6.03 Å². The third kappa shape index (κ3) is 3.70. The van der Waals surface area contributed by atoms with Crippen LogP contribution in [0.2, 0.25) is 0 Å². The highest BCUT2D eigenvalue weighted by molar-refractivity contribution is 5.74. The standard InChI is InChI=1S/C16H27N5O3/c1-11(2)14-12(4-6-24-14)8-17-16(22)21-5-7-23-13(9-21)15-19-18-10-20(15)3/h10-14H,4-9H2,1-3H3,(H,17,22)/t12-,13-,14+/m1/s1. The van der Waals surface area contributed by atoms with Crippen molar-refractivity contribution in [1.82, 2.24) is 25.0 Å². The smallest absolute Gasteiger partial charge is 0.317 e. The molecule has 0 aliphatic carbocycles. The number of carbonyl (C=O) groups is 1. The second-order valence-electron chi connectivity index (χ2n) is 6.92. The highest BCUT2D eigenvalue weighted by atomic mass is 16.5. The van der Waals surface area contributed by atoms with Crippen LogP contribution in [0.4, 0.5) is 4.79 Å². The number of rotatable bonds is 4. The topological polar surface area (TPSA) is 81.5 Å². The Labute approximate surface area is 142 Å². The number of nitrogens with zero attached hydrogens (tertiary/aromatic N) is 4. The Morgan fingerprint density at radius 3 is 2.96 bits per heavy atom. The Bertz CT molecular complexity index is 562. The number of urea groups is 1. The number of hydrogen-bond donors (Lipinski definition) is 1. The van der Waals surface area contributed by atoms with E-state index >= 15 is 0 Å². The monoisotopic (exact) mass is 337 g/mol. The van der Waals surface area contributed by atoms with Gasteiger partial charge in [-0.3, -0.25) is 0 Å². The lowest BCUT2D eigenvalue weighted by Crippen LogP contribution is -2.49. The molecule has 2 aliphatic rings. The average molecular weight is 337 g/mol. The van der Waals surface area contributed by atoms with Gasteiger partial charge in [-0.2, -0.15) is 0 Å². The van der Waals surface area contributed by atoms with Gasteiger partial charge in [0.2, 0.25) is 0 Å². The van der Waals surface area contributed by atoms with E-state index in [0.717, 1.165) is 18.9 Å². The zero-order valence-electron chi connectivity index (χ0n) is 14.6. The van der Waals surface area contributed by atoms with Crippen LogP contribution in [-0.2, 0) is 16.5 Å². The first-order chi connectivity index (χ1) is 11.6. The molecule has 0 unspecified atom stereocenters. The van der Waals surface area contributed by atoms with Crippen LogP contribution >= 0.6 is 0 Å². The van der Waals surface area contributed by atoms with Crippen LogP contribution in [0, 0.1) is 11.8 Å². The molecule has 1 aromatic rings. The van der Waals surface area contributed by atoms with E-state index in [4.69, 9.17) is 9.47 Å². The Morgan fingerprint density at radius 1 is 1.42 bits per heavy atom. The van der Waals surface area contributed by atoms with Crippen molar-refractivity contribution in [2.75, 3.05) is 32.8 Å². The Hall–Kier alpha value is -1.67. The molecule has 3 heterocycles. The lowest BCUT2D eigenvalue weighted by Gasteiger charge is -2.33. The number of aromatic nitrogens is 3. The maximum atomic E-state index is 12.5. The van der Waals surface area contributed by atoms with Crippen molar-refractivity contribution in [2.45, 2.75) is 32.5 Å². The van der Waals surface area contributed by atoms with Crippen molar-refractivity contribution in [3.05, 3.63) is 12.2 Å². The largest absolute Gasteiger partial charge is 0.378 e. The maximum absolute atomic E-state index is 12.5. The number of hydrogen-bond acceptors (Lipinski definition) is 5. The van der Waals surface area contributed by atoms with Crippen LogP contribution in [0.3, 0.4) is 0 Å². The predicted octanol–water partition coefficient (Wildman–Crippen LogP) is 0.959. The first-order valence-electron chi connectivity index (χ1n) is 8.66.